The fraction of sp³-hybridized carbons (Fsp3) is 0.250. The Labute approximate surface area is 176 Å². The van der Waals surface area contributed by atoms with E-state index in [1.165, 1.54) is 5.56 Å². The van der Waals surface area contributed by atoms with Gasteiger partial charge in [0.15, 0.2) is 0 Å². The van der Waals surface area contributed by atoms with Crippen molar-refractivity contribution in [2.24, 2.45) is 5.92 Å². The van der Waals surface area contributed by atoms with Crippen LogP contribution in [-0.2, 0) is 6.42 Å². The van der Waals surface area contributed by atoms with Crippen LogP contribution in [0.25, 0.3) is 0 Å². The van der Waals surface area contributed by atoms with E-state index in [0.717, 1.165) is 32.4 Å². The van der Waals surface area contributed by atoms with Gasteiger partial charge in [-0.15, -0.1) is 0 Å². The number of nitrogens with one attached hydrogen (secondary N) is 1. The number of nitriles is 1. The molecule has 1 amide bonds. The van der Waals surface area contributed by atoms with E-state index in [-0.39, 0.29) is 5.91 Å². The molecule has 3 aromatic rings. The van der Waals surface area contributed by atoms with E-state index in [0.29, 0.717) is 28.8 Å². The Morgan fingerprint density at radius 2 is 1.80 bits per heavy atom. The molecule has 1 aliphatic heterocycles. The molecule has 1 saturated heterocycles. The lowest BCUT2D eigenvalue weighted by Crippen LogP contribution is -2.35. The molecule has 1 aliphatic rings. The Hall–Kier alpha value is -3.72. The van der Waals surface area contributed by atoms with Crippen molar-refractivity contribution in [1.29, 1.82) is 5.26 Å². The fourth-order valence-electron chi connectivity index (χ4n) is 3.79. The molecule has 150 valence electrons. The number of rotatable bonds is 5. The van der Waals surface area contributed by atoms with E-state index < -0.39 is 0 Å². The van der Waals surface area contributed by atoms with E-state index in [2.05, 4.69) is 50.5 Å². The van der Waals surface area contributed by atoms with Crippen LogP contribution < -0.4 is 10.2 Å². The van der Waals surface area contributed by atoms with Gasteiger partial charge < -0.3 is 10.2 Å². The largest absolute Gasteiger partial charge is 0.341 e. The maximum atomic E-state index is 12.6. The normalized spacial score (nSPS) is 14.2. The molecule has 4 rings (SSSR count). The maximum absolute atomic E-state index is 12.6. The van der Waals surface area contributed by atoms with Gasteiger partial charge in [-0.25, -0.2) is 9.97 Å². The van der Waals surface area contributed by atoms with Crippen LogP contribution in [0.15, 0.2) is 66.9 Å². The molecule has 2 aromatic carbocycles. The summed E-state index contributed by atoms with van der Waals surface area (Å²) >= 11 is 0. The summed E-state index contributed by atoms with van der Waals surface area (Å²) in [5.41, 5.74) is 2.56. The highest BCUT2D eigenvalue weighted by atomic mass is 16.1. The number of benzene rings is 2. The van der Waals surface area contributed by atoms with Gasteiger partial charge in [-0.05, 0) is 48.9 Å². The molecule has 0 radical (unpaired) electrons. The Bertz CT molecular complexity index is 1050. The van der Waals surface area contributed by atoms with Gasteiger partial charge in [0.2, 0.25) is 5.95 Å². The van der Waals surface area contributed by atoms with Crippen LogP contribution in [0.4, 0.5) is 11.6 Å². The lowest BCUT2D eigenvalue weighted by molar-refractivity contribution is 0.102. The second kappa shape index (κ2) is 9.19. The molecule has 0 saturated carbocycles. The summed E-state index contributed by atoms with van der Waals surface area (Å²) in [6, 6.07) is 21.2. The topological polar surface area (TPSA) is 81.9 Å². The molecule has 1 N–H and O–H groups in total. The van der Waals surface area contributed by atoms with Crippen molar-refractivity contribution in [3.8, 4) is 6.07 Å². The number of amides is 1. The van der Waals surface area contributed by atoms with Crippen molar-refractivity contribution in [2.45, 2.75) is 19.3 Å². The van der Waals surface area contributed by atoms with Crippen molar-refractivity contribution in [2.75, 3.05) is 23.3 Å². The van der Waals surface area contributed by atoms with Crippen LogP contribution >= 0.6 is 0 Å². The molecule has 6 heteroatoms. The first-order chi connectivity index (χ1) is 14.7. The van der Waals surface area contributed by atoms with Crippen LogP contribution in [0.5, 0.6) is 0 Å². The predicted molar refractivity (Wildman–Crippen MR) is 116 cm³/mol. The third-order valence-electron chi connectivity index (χ3n) is 5.44. The number of carbonyl (C=O) groups excluding carboxylic acids is 1. The van der Waals surface area contributed by atoms with Crippen molar-refractivity contribution in [3.63, 3.8) is 0 Å². The van der Waals surface area contributed by atoms with E-state index in [1.54, 1.807) is 36.5 Å². The number of para-hydroxylation sites is 1. The van der Waals surface area contributed by atoms with Crippen molar-refractivity contribution < 1.29 is 4.79 Å². The van der Waals surface area contributed by atoms with Gasteiger partial charge in [0, 0.05) is 19.3 Å². The highest BCUT2D eigenvalue weighted by Crippen LogP contribution is 2.24. The summed E-state index contributed by atoms with van der Waals surface area (Å²) in [6.07, 6.45) is 4.86. The van der Waals surface area contributed by atoms with Crippen LogP contribution in [0.3, 0.4) is 0 Å². The van der Waals surface area contributed by atoms with Gasteiger partial charge in [-0.3, -0.25) is 4.79 Å². The van der Waals surface area contributed by atoms with E-state index in [4.69, 9.17) is 0 Å². The van der Waals surface area contributed by atoms with Gasteiger partial charge in [0.25, 0.3) is 5.91 Å². The van der Waals surface area contributed by atoms with Crippen LogP contribution in [0, 0.1) is 17.2 Å². The van der Waals surface area contributed by atoms with Gasteiger partial charge in [-0.1, -0.05) is 42.5 Å². The molecular weight excluding hydrogens is 374 g/mol. The van der Waals surface area contributed by atoms with E-state index in [9.17, 15) is 10.1 Å². The summed E-state index contributed by atoms with van der Waals surface area (Å²) < 4.78 is 0. The zero-order chi connectivity index (χ0) is 20.8. The van der Waals surface area contributed by atoms with E-state index >= 15 is 0 Å². The highest BCUT2D eigenvalue weighted by Gasteiger charge is 2.22. The first-order valence-corrected chi connectivity index (χ1v) is 10.2. The zero-order valence-electron chi connectivity index (χ0n) is 16.7. The molecule has 0 spiro atoms. The summed E-state index contributed by atoms with van der Waals surface area (Å²) in [5.74, 6) is 0.882. The smallest absolute Gasteiger partial charge is 0.274 e. The number of piperidine rings is 1. The van der Waals surface area contributed by atoms with Crippen molar-refractivity contribution in [3.05, 3.63) is 83.7 Å². The lowest BCUT2D eigenvalue weighted by atomic mass is 9.90. The average molecular weight is 397 g/mol. The van der Waals surface area contributed by atoms with Crippen LogP contribution in [-0.4, -0.2) is 29.0 Å². The van der Waals surface area contributed by atoms with Crippen molar-refractivity contribution >= 4 is 17.5 Å². The van der Waals surface area contributed by atoms with Gasteiger partial charge in [0.1, 0.15) is 11.8 Å². The summed E-state index contributed by atoms with van der Waals surface area (Å²) in [7, 11) is 0. The molecule has 2 heterocycles. The number of nitrogens with zero attached hydrogens (tertiary/aromatic N) is 4. The first kappa shape index (κ1) is 19.6. The zero-order valence-corrected chi connectivity index (χ0v) is 16.7. The highest BCUT2D eigenvalue weighted by molar-refractivity contribution is 6.03. The van der Waals surface area contributed by atoms with E-state index in [1.807, 2.05) is 6.07 Å². The Morgan fingerprint density at radius 3 is 2.57 bits per heavy atom. The molecule has 1 aromatic heterocycles. The summed E-state index contributed by atoms with van der Waals surface area (Å²) in [6.45, 7) is 1.75. The monoisotopic (exact) mass is 397 g/mol. The van der Waals surface area contributed by atoms with Crippen LogP contribution in [0.1, 0.15) is 34.5 Å². The minimum Gasteiger partial charge on any atom is -0.341 e. The third kappa shape index (κ3) is 4.64. The minimum absolute atomic E-state index is 0.291. The number of carbonyl (C=O) groups is 1. The quantitative estimate of drug-likeness (QED) is 0.702. The number of hydrogen-bond donors (Lipinski definition) is 1. The third-order valence-corrected chi connectivity index (χ3v) is 5.44. The number of hydrogen-bond acceptors (Lipinski definition) is 5. The Kier molecular flexibility index (Phi) is 6.00. The predicted octanol–water partition coefficient (Wildman–Crippen LogP) is 4.06. The molecule has 1 fully saturated rings. The van der Waals surface area contributed by atoms with Crippen LogP contribution in [0.2, 0.25) is 0 Å². The summed E-state index contributed by atoms with van der Waals surface area (Å²) in [4.78, 5) is 23.6. The second-order valence-corrected chi connectivity index (χ2v) is 7.47. The second-order valence-electron chi connectivity index (χ2n) is 7.47. The molecule has 0 bridgehead atoms. The molecule has 0 atom stereocenters. The molecule has 0 aliphatic carbocycles. The molecule has 30 heavy (non-hydrogen) atoms. The van der Waals surface area contributed by atoms with Gasteiger partial charge >= 0.3 is 0 Å². The average Bonchev–Trinajstić information content (AvgIpc) is 2.81. The molecular formula is C24H23N5O. The molecule has 0 unspecified atom stereocenters. The first-order valence-electron chi connectivity index (χ1n) is 10.2. The van der Waals surface area contributed by atoms with Crippen molar-refractivity contribution in [1.82, 2.24) is 9.97 Å². The number of anilines is 2. The fourth-order valence-corrected chi connectivity index (χ4v) is 3.79. The Balaban J connectivity index is 1.39. The standard InChI is InChI=1S/C24H23N5O/c25-17-20-8-4-5-9-21(20)27-23(30)22-10-13-26-24(28-22)29-14-11-19(12-15-29)16-18-6-2-1-3-7-18/h1-10,13,19H,11-12,14-16H2,(H,27,30). The lowest BCUT2D eigenvalue weighted by Gasteiger charge is -2.32. The van der Waals surface area contributed by atoms with Gasteiger partial charge in [-0.2, -0.15) is 5.26 Å². The number of aromatic nitrogens is 2. The Morgan fingerprint density at radius 1 is 1.07 bits per heavy atom. The van der Waals surface area contributed by atoms with Gasteiger partial charge in [0.05, 0.1) is 11.3 Å². The summed E-state index contributed by atoms with van der Waals surface area (Å²) in [5, 5.41) is 12.0. The minimum atomic E-state index is -0.347. The molecule has 6 nitrogen and oxygen atoms in total. The maximum Gasteiger partial charge on any atom is 0.274 e. The SMILES string of the molecule is N#Cc1ccccc1NC(=O)c1ccnc(N2CCC(Cc3ccccc3)CC2)n1.